The molecule has 2 fully saturated rings. The molecule has 1 amide bonds. The quantitative estimate of drug-likeness (QED) is 0.681. The number of amides is 1. The van der Waals surface area contributed by atoms with Crippen LogP contribution in [0.25, 0.3) is 0 Å². The summed E-state index contributed by atoms with van der Waals surface area (Å²) >= 11 is 4.54. The van der Waals surface area contributed by atoms with Crippen molar-refractivity contribution in [2.24, 2.45) is 0 Å². The van der Waals surface area contributed by atoms with E-state index in [9.17, 15) is 13.2 Å². The minimum absolute atomic E-state index is 0.0652. The lowest BCUT2D eigenvalue weighted by Crippen LogP contribution is -2.51. The third-order valence-electron chi connectivity index (χ3n) is 5.06. The molecule has 0 spiro atoms. The summed E-state index contributed by atoms with van der Waals surface area (Å²) in [6, 6.07) is 3.70. The number of nitrogens with one attached hydrogen (secondary N) is 1. The molecule has 0 unspecified atom stereocenters. The summed E-state index contributed by atoms with van der Waals surface area (Å²) < 4.78 is 28.0. The Morgan fingerprint density at radius 3 is 2.35 bits per heavy atom. The molecule has 1 aliphatic carbocycles. The van der Waals surface area contributed by atoms with Crippen LogP contribution in [0.1, 0.15) is 38.5 Å². The second kappa shape index (κ2) is 9.14. The Kier molecular flexibility index (Phi) is 7.12. The van der Waals surface area contributed by atoms with Crippen LogP contribution in [0.5, 0.6) is 0 Å². The molecule has 1 saturated heterocycles. The van der Waals surface area contributed by atoms with Crippen molar-refractivity contribution >= 4 is 43.2 Å². The summed E-state index contributed by atoms with van der Waals surface area (Å²) in [5, 5.41) is 3.16. The fraction of sp³-hybridized carbons (Fsp3) is 0.706. The molecule has 1 aliphatic heterocycles. The molecular weight excluding hydrogens is 438 g/mol. The Labute approximate surface area is 168 Å². The van der Waals surface area contributed by atoms with Gasteiger partial charge in [0.15, 0.2) is 0 Å². The summed E-state index contributed by atoms with van der Waals surface area (Å²) in [6.45, 7) is 2.38. The van der Waals surface area contributed by atoms with E-state index < -0.39 is 10.0 Å². The van der Waals surface area contributed by atoms with Gasteiger partial charge in [-0.1, -0.05) is 25.7 Å². The predicted molar refractivity (Wildman–Crippen MR) is 107 cm³/mol. The molecule has 0 atom stereocenters. The number of sulfonamides is 1. The van der Waals surface area contributed by atoms with E-state index in [1.54, 1.807) is 12.1 Å². The van der Waals surface area contributed by atoms with Crippen molar-refractivity contribution in [3.8, 4) is 0 Å². The van der Waals surface area contributed by atoms with Crippen molar-refractivity contribution in [2.75, 3.05) is 32.7 Å². The van der Waals surface area contributed by atoms with Gasteiger partial charge in [0.05, 0.1) is 10.3 Å². The van der Waals surface area contributed by atoms with Crippen LogP contribution in [0.15, 0.2) is 20.1 Å². The van der Waals surface area contributed by atoms with Gasteiger partial charge in [0.2, 0.25) is 5.91 Å². The lowest BCUT2D eigenvalue weighted by molar-refractivity contribution is -0.123. The Morgan fingerprint density at radius 2 is 1.77 bits per heavy atom. The first kappa shape index (κ1) is 20.3. The first-order valence-electron chi connectivity index (χ1n) is 9.22. The van der Waals surface area contributed by atoms with E-state index in [1.807, 2.05) is 4.90 Å². The topological polar surface area (TPSA) is 69.7 Å². The van der Waals surface area contributed by atoms with E-state index in [4.69, 9.17) is 0 Å². The van der Waals surface area contributed by atoms with Gasteiger partial charge >= 0.3 is 0 Å². The van der Waals surface area contributed by atoms with E-state index in [1.165, 1.54) is 41.3 Å². The van der Waals surface area contributed by atoms with Crippen LogP contribution in [0.2, 0.25) is 0 Å². The maximum Gasteiger partial charge on any atom is 0.252 e. The van der Waals surface area contributed by atoms with Crippen molar-refractivity contribution in [1.82, 2.24) is 14.5 Å². The fourth-order valence-electron chi connectivity index (χ4n) is 3.59. The second-order valence-corrected chi connectivity index (χ2v) is 11.6. The number of carbonyl (C=O) groups excluding carboxylic acids is 1. The number of halogens is 1. The molecule has 2 aliphatic rings. The van der Waals surface area contributed by atoms with Gasteiger partial charge < -0.3 is 5.32 Å². The maximum atomic E-state index is 12.6. The first-order chi connectivity index (χ1) is 12.4. The van der Waals surface area contributed by atoms with Crippen molar-refractivity contribution in [2.45, 2.75) is 48.8 Å². The van der Waals surface area contributed by atoms with Gasteiger partial charge in [-0.3, -0.25) is 9.69 Å². The van der Waals surface area contributed by atoms with Gasteiger partial charge in [0, 0.05) is 32.2 Å². The molecule has 26 heavy (non-hydrogen) atoms. The summed E-state index contributed by atoms with van der Waals surface area (Å²) in [5.41, 5.74) is 0. The van der Waals surface area contributed by atoms with Crippen molar-refractivity contribution < 1.29 is 13.2 Å². The first-order valence-corrected chi connectivity index (χ1v) is 12.3. The zero-order valence-electron chi connectivity index (χ0n) is 14.8. The molecule has 1 aromatic rings. The van der Waals surface area contributed by atoms with E-state index >= 15 is 0 Å². The highest BCUT2D eigenvalue weighted by Gasteiger charge is 2.30. The Hall–Kier alpha value is -0.480. The number of carbonyl (C=O) groups is 1. The molecule has 9 heteroatoms. The molecule has 1 N–H and O–H groups in total. The average molecular weight is 464 g/mol. The van der Waals surface area contributed by atoms with Crippen molar-refractivity contribution in [3.05, 3.63) is 15.9 Å². The summed E-state index contributed by atoms with van der Waals surface area (Å²) in [5.74, 6) is 0.0652. The zero-order valence-corrected chi connectivity index (χ0v) is 18.0. The lowest BCUT2D eigenvalue weighted by atomic mass is 10.1. The third kappa shape index (κ3) is 5.28. The van der Waals surface area contributed by atoms with Crippen LogP contribution >= 0.6 is 27.3 Å². The number of hydrogen-bond acceptors (Lipinski definition) is 5. The third-order valence-corrected chi connectivity index (χ3v) is 9.05. The molecule has 1 saturated carbocycles. The van der Waals surface area contributed by atoms with Gasteiger partial charge in [-0.05, 0) is 40.9 Å². The number of rotatable bonds is 5. The van der Waals surface area contributed by atoms with Crippen LogP contribution < -0.4 is 5.32 Å². The van der Waals surface area contributed by atoms with Crippen LogP contribution in [0.4, 0.5) is 0 Å². The number of nitrogens with zero attached hydrogens (tertiary/aromatic N) is 2. The highest BCUT2D eigenvalue weighted by Crippen LogP contribution is 2.28. The summed E-state index contributed by atoms with van der Waals surface area (Å²) in [7, 11) is -3.43. The SMILES string of the molecule is O=C(CN1CCN(S(=O)(=O)c2ccc(Br)s2)CC1)NC1CCCCCC1. The second-order valence-electron chi connectivity index (χ2n) is 6.99. The Bertz CT molecular complexity index is 707. The molecular formula is C17H26BrN3O3S2. The molecule has 2 heterocycles. The molecule has 0 aromatic carbocycles. The number of piperazine rings is 1. The molecule has 3 rings (SSSR count). The molecule has 1 aromatic heterocycles. The van der Waals surface area contributed by atoms with E-state index in [0.29, 0.717) is 43.0 Å². The Balaban J connectivity index is 1.46. The number of thiophene rings is 1. The van der Waals surface area contributed by atoms with Gasteiger partial charge in [0.1, 0.15) is 4.21 Å². The zero-order chi connectivity index (χ0) is 18.6. The smallest absolute Gasteiger partial charge is 0.252 e. The fourth-order valence-corrected chi connectivity index (χ4v) is 7.18. The van der Waals surface area contributed by atoms with E-state index in [0.717, 1.165) is 16.6 Å². The Morgan fingerprint density at radius 1 is 1.12 bits per heavy atom. The van der Waals surface area contributed by atoms with E-state index in [-0.39, 0.29) is 5.91 Å². The highest BCUT2D eigenvalue weighted by molar-refractivity contribution is 9.11. The van der Waals surface area contributed by atoms with E-state index in [2.05, 4.69) is 21.2 Å². The van der Waals surface area contributed by atoms with Crippen LogP contribution in [0, 0.1) is 0 Å². The predicted octanol–water partition coefficient (Wildman–Crippen LogP) is 2.66. The summed E-state index contributed by atoms with van der Waals surface area (Å²) in [6.07, 6.45) is 7.08. The number of hydrogen-bond donors (Lipinski definition) is 1. The minimum atomic E-state index is -3.43. The van der Waals surface area contributed by atoms with Gasteiger partial charge in [-0.25, -0.2) is 8.42 Å². The van der Waals surface area contributed by atoms with Crippen LogP contribution in [0.3, 0.4) is 0 Å². The minimum Gasteiger partial charge on any atom is -0.352 e. The largest absolute Gasteiger partial charge is 0.352 e. The van der Waals surface area contributed by atoms with Crippen molar-refractivity contribution in [3.63, 3.8) is 0 Å². The standard InChI is InChI=1S/C17H26BrN3O3S2/c18-15-7-8-17(25-15)26(23,24)21-11-9-20(10-12-21)13-16(22)19-14-5-3-1-2-4-6-14/h7-8,14H,1-6,9-13H2,(H,19,22). The van der Waals surface area contributed by atoms with Gasteiger partial charge in [0.25, 0.3) is 10.0 Å². The molecule has 0 radical (unpaired) electrons. The maximum absolute atomic E-state index is 12.6. The van der Waals surface area contributed by atoms with Crippen LogP contribution in [-0.2, 0) is 14.8 Å². The highest BCUT2D eigenvalue weighted by atomic mass is 79.9. The van der Waals surface area contributed by atoms with Gasteiger partial charge in [-0.2, -0.15) is 4.31 Å². The molecule has 6 nitrogen and oxygen atoms in total. The van der Waals surface area contributed by atoms with Gasteiger partial charge in [-0.15, -0.1) is 11.3 Å². The van der Waals surface area contributed by atoms with Crippen molar-refractivity contribution in [1.29, 1.82) is 0 Å². The summed E-state index contributed by atoms with van der Waals surface area (Å²) in [4.78, 5) is 14.4. The molecule has 0 bridgehead atoms. The average Bonchev–Trinajstić information content (AvgIpc) is 2.89. The normalized spacial score (nSPS) is 21.4. The van der Waals surface area contributed by atoms with Crippen LogP contribution in [-0.4, -0.2) is 62.3 Å². The monoisotopic (exact) mass is 463 g/mol. The lowest BCUT2D eigenvalue weighted by Gasteiger charge is -2.33. The molecule has 146 valence electrons.